The first kappa shape index (κ1) is 19.0. The van der Waals surface area contributed by atoms with Crippen molar-refractivity contribution in [2.45, 2.75) is 32.7 Å². The van der Waals surface area contributed by atoms with Gasteiger partial charge in [-0.05, 0) is 37.9 Å². The van der Waals surface area contributed by atoms with E-state index < -0.39 is 12.0 Å². The van der Waals surface area contributed by atoms with Gasteiger partial charge in [0.1, 0.15) is 11.8 Å². The molecule has 6 heteroatoms. The Bertz CT molecular complexity index is 519. The van der Waals surface area contributed by atoms with E-state index in [1.807, 2.05) is 29.2 Å². The molecule has 1 aromatic carbocycles. The van der Waals surface area contributed by atoms with Crippen molar-refractivity contribution < 1.29 is 19.4 Å². The normalized spacial score (nSPS) is 12.0. The first-order chi connectivity index (χ1) is 11.0. The summed E-state index contributed by atoms with van der Waals surface area (Å²) in [6.45, 7) is 4.72. The number of methoxy groups -OCH3 is 1. The van der Waals surface area contributed by atoms with Gasteiger partial charge in [0.25, 0.3) is 0 Å². The summed E-state index contributed by atoms with van der Waals surface area (Å²) in [5.74, 6) is -0.115. The first-order valence-corrected chi connectivity index (χ1v) is 7.79. The van der Waals surface area contributed by atoms with E-state index in [1.165, 1.54) is 6.92 Å². The number of amides is 1. The molecule has 1 unspecified atom stereocenters. The molecule has 0 fully saturated rings. The van der Waals surface area contributed by atoms with Crippen molar-refractivity contribution in [3.05, 3.63) is 29.8 Å². The van der Waals surface area contributed by atoms with E-state index in [0.717, 1.165) is 24.2 Å². The first-order valence-electron chi connectivity index (χ1n) is 7.79. The van der Waals surface area contributed by atoms with Crippen LogP contribution < -0.4 is 10.1 Å². The fourth-order valence-electron chi connectivity index (χ4n) is 2.41. The van der Waals surface area contributed by atoms with Crippen molar-refractivity contribution in [3.8, 4) is 5.75 Å². The molecule has 1 rings (SSSR count). The van der Waals surface area contributed by atoms with Crippen LogP contribution in [-0.2, 0) is 16.0 Å². The maximum absolute atomic E-state index is 11.2. The lowest BCUT2D eigenvalue weighted by Gasteiger charge is -2.26. The predicted octanol–water partition coefficient (Wildman–Crippen LogP) is 1.54. The molecule has 1 aromatic rings. The Kier molecular flexibility index (Phi) is 8.11. The second-order valence-corrected chi connectivity index (χ2v) is 5.45. The Morgan fingerprint density at radius 2 is 2.00 bits per heavy atom. The van der Waals surface area contributed by atoms with Crippen molar-refractivity contribution in [1.82, 2.24) is 10.2 Å². The molecule has 0 bridgehead atoms. The number of nitrogens with zero attached hydrogens (tertiary/aromatic N) is 1. The fraction of sp³-hybridized carbons (Fsp3) is 0.529. The number of nitrogens with one attached hydrogen (secondary N) is 1. The van der Waals surface area contributed by atoms with Crippen molar-refractivity contribution in [2.24, 2.45) is 0 Å². The monoisotopic (exact) mass is 322 g/mol. The molecule has 0 spiro atoms. The molecule has 0 saturated heterocycles. The summed E-state index contributed by atoms with van der Waals surface area (Å²) in [5.41, 5.74) is 1.11. The van der Waals surface area contributed by atoms with Gasteiger partial charge in [-0.1, -0.05) is 18.2 Å². The zero-order valence-electron chi connectivity index (χ0n) is 14.0. The van der Waals surface area contributed by atoms with Crippen LogP contribution in [0.25, 0.3) is 0 Å². The van der Waals surface area contributed by atoms with Gasteiger partial charge in [-0.2, -0.15) is 0 Å². The zero-order chi connectivity index (χ0) is 17.2. The van der Waals surface area contributed by atoms with Gasteiger partial charge < -0.3 is 15.2 Å². The van der Waals surface area contributed by atoms with Crippen LogP contribution in [0.5, 0.6) is 5.75 Å². The van der Waals surface area contributed by atoms with Crippen LogP contribution in [0.1, 0.15) is 25.8 Å². The van der Waals surface area contributed by atoms with Gasteiger partial charge in [0.15, 0.2) is 0 Å². The number of aryl methyl sites for hydroxylation is 1. The van der Waals surface area contributed by atoms with Gasteiger partial charge in [0.2, 0.25) is 5.91 Å². The quantitative estimate of drug-likeness (QED) is 0.683. The summed E-state index contributed by atoms with van der Waals surface area (Å²) in [4.78, 5) is 24.0. The zero-order valence-corrected chi connectivity index (χ0v) is 14.0. The molecular formula is C17H26N2O4. The Hall–Kier alpha value is -2.08. The number of carbonyl (C=O) groups is 2. The number of hydrogen-bond donors (Lipinski definition) is 2. The third-order valence-corrected chi connectivity index (χ3v) is 3.76. The molecule has 1 amide bonds. The molecule has 0 aliphatic heterocycles. The van der Waals surface area contributed by atoms with Gasteiger partial charge in [0.05, 0.1) is 7.11 Å². The number of aliphatic carboxylic acids is 1. The van der Waals surface area contributed by atoms with E-state index in [9.17, 15) is 14.7 Å². The van der Waals surface area contributed by atoms with E-state index in [1.54, 1.807) is 14.0 Å². The fourth-order valence-corrected chi connectivity index (χ4v) is 2.41. The molecule has 0 radical (unpaired) electrons. The molecular weight excluding hydrogens is 296 g/mol. The number of benzene rings is 1. The second-order valence-electron chi connectivity index (χ2n) is 5.45. The molecule has 23 heavy (non-hydrogen) atoms. The summed E-state index contributed by atoms with van der Waals surface area (Å²) in [5, 5.41) is 11.9. The van der Waals surface area contributed by atoms with Crippen LogP contribution >= 0.6 is 0 Å². The highest BCUT2D eigenvalue weighted by atomic mass is 16.5. The Morgan fingerprint density at radius 1 is 1.30 bits per heavy atom. The summed E-state index contributed by atoms with van der Waals surface area (Å²) in [6, 6.07) is 7.24. The molecule has 2 N–H and O–H groups in total. The van der Waals surface area contributed by atoms with Gasteiger partial charge in [-0.3, -0.25) is 14.5 Å². The largest absolute Gasteiger partial charge is 0.496 e. The minimum atomic E-state index is -0.856. The van der Waals surface area contributed by atoms with Gasteiger partial charge in [-0.25, -0.2) is 0 Å². The van der Waals surface area contributed by atoms with E-state index in [2.05, 4.69) is 5.32 Å². The third-order valence-electron chi connectivity index (χ3n) is 3.76. The minimum Gasteiger partial charge on any atom is -0.496 e. The minimum absolute atomic E-state index is 0.109. The van der Waals surface area contributed by atoms with Crippen molar-refractivity contribution in [1.29, 1.82) is 0 Å². The maximum Gasteiger partial charge on any atom is 0.320 e. The highest BCUT2D eigenvalue weighted by molar-refractivity contribution is 5.73. The van der Waals surface area contributed by atoms with Gasteiger partial charge in [-0.15, -0.1) is 0 Å². The summed E-state index contributed by atoms with van der Waals surface area (Å²) < 4.78 is 5.32. The summed E-state index contributed by atoms with van der Waals surface area (Å²) in [6.07, 6.45) is 1.63. The van der Waals surface area contributed by atoms with Crippen LogP contribution in [0.15, 0.2) is 24.3 Å². The summed E-state index contributed by atoms with van der Waals surface area (Å²) >= 11 is 0. The molecule has 0 aliphatic carbocycles. The summed E-state index contributed by atoms with van der Waals surface area (Å²) in [7, 11) is 1.64. The van der Waals surface area contributed by atoms with Crippen molar-refractivity contribution >= 4 is 11.9 Å². The van der Waals surface area contributed by atoms with Crippen LogP contribution in [-0.4, -0.2) is 54.7 Å². The number of carboxylic acid groups (broad SMARTS) is 1. The molecule has 0 aliphatic rings. The molecule has 1 atom stereocenters. The molecule has 0 saturated carbocycles. The van der Waals surface area contributed by atoms with Crippen LogP contribution in [0.4, 0.5) is 0 Å². The SMILES string of the molecule is COc1ccccc1CCCN(CCNC(C)=O)C(C)C(=O)O. The van der Waals surface area contributed by atoms with E-state index in [4.69, 9.17) is 4.74 Å². The maximum atomic E-state index is 11.2. The third kappa shape index (κ3) is 6.69. The Morgan fingerprint density at radius 3 is 2.61 bits per heavy atom. The lowest BCUT2D eigenvalue weighted by Crippen LogP contribution is -2.43. The van der Waals surface area contributed by atoms with Gasteiger partial charge >= 0.3 is 5.97 Å². The number of rotatable bonds is 10. The molecule has 6 nitrogen and oxygen atoms in total. The van der Waals surface area contributed by atoms with E-state index in [-0.39, 0.29) is 5.91 Å². The number of hydrogen-bond acceptors (Lipinski definition) is 4. The van der Waals surface area contributed by atoms with Gasteiger partial charge in [0, 0.05) is 20.0 Å². The number of carbonyl (C=O) groups excluding carboxylic acids is 1. The average Bonchev–Trinajstić information content (AvgIpc) is 2.52. The van der Waals surface area contributed by atoms with Crippen LogP contribution in [0.3, 0.4) is 0 Å². The Labute approximate surface area is 137 Å². The lowest BCUT2D eigenvalue weighted by atomic mass is 10.1. The average molecular weight is 322 g/mol. The predicted molar refractivity (Wildman–Crippen MR) is 88.7 cm³/mol. The van der Waals surface area contributed by atoms with E-state index in [0.29, 0.717) is 19.6 Å². The highest BCUT2D eigenvalue weighted by Crippen LogP contribution is 2.19. The molecule has 0 heterocycles. The smallest absolute Gasteiger partial charge is 0.320 e. The Balaban J connectivity index is 2.55. The van der Waals surface area contributed by atoms with Crippen LogP contribution in [0.2, 0.25) is 0 Å². The van der Waals surface area contributed by atoms with Crippen molar-refractivity contribution in [2.75, 3.05) is 26.7 Å². The molecule has 128 valence electrons. The topological polar surface area (TPSA) is 78.9 Å². The number of ether oxygens (including phenoxy) is 1. The second kappa shape index (κ2) is 9.84. The van der Waals surface area contributed by atoms with Crippen LogP contribution in [0, 0.1) is 0 Å². The lowest BCUT2D eigenvalue weighted by molar-refractivity contribution is -0.142. The molecule has 0 aromatic heterocycles. The highest BCUT2D eigenvalue weighted by Gasteiger charge is 2.20. The van der Waals surface area contributed by atoms with E-state index >= 15 is 0 Å². The number of carboxylic acids is 1. The standard InChI is InChI=1S/C17H26N2O4/c1-13(17(21)22)19(12-10-18-14(2)20)11-6-8-15-7-4-5-9-16(15)23-3/h4-5,7,9,13H,6,8,10-12H2,1-3H3,(H,18,20)(H,21,22). The van der Waals surface area contributed by atoms with Crippen molar-refractivity contribution in [3.63, 3.8) is 0 Å². The number of para-hydroxylation sites is 1.